The van der Waals surface area contributed by atoms with Crippen molar-refractivity contribution in [1.82, 2.24) is 15.2 Å². The maximum atomic E-state index is 5.39. The van der Waals surface area contributed by atoms with Gasteiger partial charge in [-0.2, -0.15) is 0 Å². The average Bonchev–Trinajstić information content (AvgIpc) is 2.61. The number of aromatic nitrogens is 1. The molecule has 1 fully saturated rings. The summed E-state index contributed by atoms with van der Waals surface area (Å²) in [4.78, 5) is 6.97. The standard InChI is InChI=1S/C18H23N3O/c1-2-6-16(7-3-1)18(17-8-4-5-9-19-17)20-10-11-21-12-14-22-15-13-21/h1-9,18,20H,10-15H2. The number of pyridine rings is 1. The zero-order chi connectivity index (χ0) is 15.0. The van der Waals surface area contributed by atoms with Gasteiger partial charge in [0.15, 0.2) is 0 Å². The third kappa shape index (κ3) is 4.13. The molecule has 0 bridgehead atoms. The quantitative estimate of drug-likeness (QED) is 0.886. The minimum absolute atomic E-state index is 0.142. The Morgan fingerprint density at radius 1 is 1.05 bits per heavy atom. The average molecular weight is 297 g/mol. The van der Waals surface area contributed by atoms with Gasteiger partial charge in [0.25, 0.3) is 0 Å². The molecule has 0 amide bonds. The van der Waals surface area contributed by atoms with Crippen LogP contribution in [0.1, 0.15) is 17.3 Å². The van der Waals surface area contributed by atoms with E-state index in [2.05, 4.69) is 45.5 Å². The van der Waals surface area contributed by atoms with E-state index >= 15 is 0 Å². The van der Waals surface area contributed by atoms with Crippen LogP contribution in [0, 0.1) is 0 Å². The van der Waals surface area contributed by atoms with Crippen LogP contribution in [0.5, 0.6) is 0 Å². The number of hydrogen-bond acceptors (Lipinski definition) is 4. The van der Waals surface area contributed by atoms with E-state index in [1.165, 1.54) is 5.56 Å². The summed E-state index contributed by atoms with van der Waals surface area (Å²) in [5.74, 6) is 0. The SMILES string of the molecule is c1ccc(C(NCCN2CCOCC2)c2ccccn2)cc1. The number of nitrogens with one attached hydrogen (secondary N) is 1. The zero-order valence-corrected chi connectivity index (χ0v) is 12.8. The highest BCUT2D eigenvalue weighted by molar-refractivity contribution is 5.27. The predicted molar refractivity (Wildman–Crippen MR) is 87.8 cm³/mol. The summed E-state index contributed by atoms with van der Waals surface area (Å²) in [5.41, 5.74) is 2.32. The summed E-state index contributed by atoms with van der Waals surface area (Å²) in [6.45, 7) is 5.74. The first-order valence-electron chi connectivity index (χ1n) is 7.93. The van der Waals surface area contributed by atoms with Gasteiger partial charge in [-0.15, -0.1) is 0 Å². The van der Waals surface area contributed by atoms with Gasteiger partial charge in [-0.25, -0.2) is 0 Å². The lowest BCUT2D eigenvalue weighted by atomic mass is 10.0. The predicted octanol–water partition coefficient (Wildman–Crippen LogP) is 2.09. The molecule has 0 saturated carbocycles. The van der Waals surface area contributed by atoms with E-state index in [1.807, 2.05) is 24.4 Å². The Morgan fingerprint density at radius 2 is 1.82 bits per heavy atom. The van der Waals surface area contributed by atoms with Crippen LogP contribution in [-0.4, -0.2) is 49.3 Å². The fraction of sp³-hybridized carbons (Fsp3) is 0.389. The van der Waals surface area contributed by atoms with Gasteiger partial charge in [-0.05, 0) is 17.7 Å². The van der Waals surface area contributed by atoms with Crippen molar-refractivity contribution in [3.8, 4) is 0 Å². The highest BCUT2D eigenvalue weighted by Crippen LogP contribution is 2.19. The van der Waals surface area contributed by atoms with Crippen molar-refractivity contribution in [1.29, 1.82) is 0 Å². The molecule has 0 aliphatic carbocycles. The molecule has 3 rings (SSSR count). The van der Waals surface area contributed by atoms with Crippen LogP contribution in [0.4, 0.5) is 0 Å². The Morgan fingerprint density at radius 3 is 2.55 bits per heavy atom. The van der Waals surface area contributed by atoms with Gasteiger partial charge in [0.2, 0.25) is 0 Å². The van der Waals surface area contributed by atoms with Gasteiger partial charge >= 0.3 is 0 Å². The summed E-state index contributed by atoms with van der Waals surface area (Å²) in [7, 11) is 0. The Hall–Kier alpha value is -1.75. The Bertz CT molecular complexity index is 501. The molecule has 1 aromatic carbocycles. The first kappa shape index (κ1) is 15.2. The minimum Gasteiger partial charge on any atom is -0.379 e. The first-order valence-corrected chi connectivity index (χ1v) is 7.93. The number of rotatable bonds is 6. The summed E-state index contributed by atoms with van der Waals surface area (Å²) in [6.07, 6.45) is 1.86. The van der Waals surface area contributed by atoms with E-state index in [1.54, 1.807) is 0 Å². The topological polar surface area (TPSA) is 37.4 Å². The second kappa shape index (κ2) is 8.03. The molecule has 1 aliphatic rings. The molecular formula is C18H23N3O. The van der Waals surface area contributed by atoms with E-state index in [4.69, 9.17) is 4.74 Å². The molecule has 1 unspecified atom stereocenters. The van der Waals surface area contributed by atoms with Gasteiger partial charge in [-0.1, -0.05) is 36.4 Å². The molecule has 0 radical (unpaired) electrons. The Labute approximate surface area is 132 Å². The largest absolute Gasteiger partial charge is 0.379 e. The van der Waals surface area contributed by atoms with Crippen LogP contribution in [0.2, 0.25) is 0 Å². The first-order chi connectivity index (χ1) is 10.9. The molecule has 1 saturated heterocycles. The van der Waals surface area contributed by atoms with Gasteiger partial charge < -0.3 is 10.1 Å². The highest BCUT2D eigenvalue weighted by Gasteiger charge is 2.15. The second-order valence-corrected chi connectivity index (χ2v) is 5.51. The van der Waals surface area contributed by atoms with Crippen molar-refractivity contribution in [2.45, 2.75) is 6.04 Å². The van der Waals surface area contributed by atoms with Crippen molar-refractivity contribution in [3.63, 3.8) is 0 Å². The third-order valence-corrected chi connectivity index (χ3v) is 4.00. The van der Waals surface area contributed by atoms with Gasteiger partial charge in [0.1, 0.15) is 0 Å². The number of nitrogens with zero attached hydrogens (tertiary/aromatic N) is 2. The zero-order valence-electron chi connectivity index (χ0n) is 12.8. The summed E-state index contributed by atoms with van der Waals surface area (Å²) >= 11 is 0. The lowest BCUT2D eigenvalue weighted by Gasteiger charge is -2.27. The summed E-state index contributed by atoms with van der Waals surface area (Å²) in [6, 6.07) is 16.7. The van der Waals surface area contributed by atoms with E-state index in [9.17, 15) is 0 Å². The van der Waals surface area contributed by atoms with E-state index in [0.717, 1.165) is 45.1 Å². The van der Waals surface area contributed by atoms with Crippen molar-refractivity contribution in [2.24, 2.45) is 0 Å². The van der Waals surface area contributed by atoms with Gasteiger partial charge in [0.05, 0.1) is 24.9 Å². The monoisotopic (exact) mass is 297 g/mol. The molecule has 1 N–H and O–H groups in total. The maximum Gasteiger partial charge on any atom is 0.0751 e. The molecule has 4 heteroatoms. The smallest absolute Gasteiger partial charge is 0.0751 e. The molecule has 22 heavy (non-hydrogen) atoms. The van der Waals surface area contributed by atoms with Crippen LogP contribution >= 0.6 is 0 Å². The van der Waals surface area contributed by atoms with Crippen molar-refractivity contribution in [3.05, 3.63) is 66.0 Å². The Balaban J connectivity index is 1.64. The molecule has 2 aromatic rings. The van der Waals surface area contributed by atoms with Crippen LogP contribution in [-0.2, 0) is 4.74 Å². The van der Waals surface area contributed by atoms with Crippen molar-refractivity contribution in [2.75, 3.05) is 39.4 Å². The fourth-order valence-corrected chi connectivity index (χ4v) is 2.78. The van der Waals surface area contributed by atoms with Crippen LogP contribution in [0.15, 0.2) is 54.7 Å². The second-order valence-electron chi connectivity index (χ2n) is 5.51. The van der Waals surface area contributed by atoms with Gasteiger partial charge in [0, 0.05) is 32.4 Å². The minimum atomic E-state index is 0.142. The molecule has 0 spiro atoms. The van der Waals surface area contributed by atoms with E-state index in [0.29, 0.717) is 0 Å². The molecule has 1 aromatic heterocycles. The molecular weight excluding hydrogens is 274 g/mol. The van der Waals surface area contributed by atoms with Crippen LogP contribution < -0.4 is 5.32 Å². The Kier molecular flexibility index (Phi) is 5.54. The van der Waals surface area contributed by atoms with Gasteiger partial charge in [-0.3, -0.25) is 9.88 Å². The number of hydrogen-bond donors (Lipinski definition) is 1. The number of morpholine rings is 1. The molecule has 116 valence electrons. The highest BCUT2D eigenvalue weighted by atomic mass is 16.5. The summed E-state index contributed by atoms with van der Waals surface area (Å²) < 4.78 is 5.39. The van der Waals surface area contributed by atoms with E-state index in [-0.39, 0.29) is 6.04 Å². The normalized spacial score (nSPS) is 17.3. The molecule has 2 heterocycles. The lowest BCUT2D eigenvalue weighted by molar-refractivity contribution is 0.0382. The molecule has 4 nitrogen and oxygen atoms in total. The van der Waals surface area contributed by atoms with E-state index < -0.39 is 0 Å². The fourth-order valence-electron chi connectivity index (χ4n) is 2.78. The number of benzene rings is 1. The van der Waals surface area contributed by atoms with Crippen LogP contribution in [0.3, 0.4) is 0 Å². The third-order valence-electron chi connectivity index (χ3n) is 4.00. The van der Waals surface area contributed by atoms with Crippen molar-refractivity contribution >= 4 is 0 Å². The molecule has 1 aliphatic heterocycles. The number of ether oxygens (including phenoxy) is 1. The van der Waals surface area contributed by atoms with Crippen molar-refractivity contribution < 1.29 is 4.74 Å². The van der Waals surface area contributed by atoms with Crippen LogP contribution in [0.25, 0.3) is 0 Å². The maximum absolute atomic E-state index is 5.39. The lowest BCUT2D eigenvalue weighted by Crippen LogP contribution is -2.41. The summed E-state index contributed by atoms with van der Waals surface area (Å²) in [5, 5.41) is 3.65. The molecule has 1 atom stereocenters.